The lowest BCUT2D eigenvalue weighted by Crippen LogP contribution is -2.19. The first-order valence-corrected chi connectivity index (χ1v) is 22.1. The normalized spacial score (nSPS) is 12.2. The van der Waals surface area contributed by atoms with Gasteiger partial charge in [0, 0.05) is 41.8 Å². The summed E-state index contributed by atoms with van der Waals surface area (Å²) < 4.78 is 95.3. The lowest BCUT2D eigenvalue weighted by molar-refractivity contribution is 0.396. The van der Waals surface area contributed by atoms with Crippen LogP contribution in [-0.4, -0.2) is 57.1 Å². The molecule has 0 atom stereocenters. The SMILES string of the molecule is CCCCN(c1ccc(C(c2ccc(N(CCCC)c3cccc(S(=O)(=O)OC)c3)cc2)c2ccccc2S(=O)(=O)O)cc1)c1cccc(S(=O)(=O)OC)c1. The van der Waals surface area contributed by atoms with E-state index in [-0.39, 0.29) is 14.7 Å². The Kier molecular flexibility index (Phi) is 13.6. The van der Waals surface area contributed by atoms with E-state index in [0.29, 0.717) is 30.0 Å². The van der Waals surface area contributed by atoms with Crippen LogP contribution < -0.4 is 9.80 Å². The van der Waals surface area contributed by atoms with E-state index in [1.165, 1.54) is 18.2 Å². The highest BCUT2D eigenvalue weighted by atomic mass is 32.2. The van der Waals surface area contributed by atoms with Crippen molar-refractivity contribution in [1.29, 1.82) is 0 Å². The summed E-state index contributed by atoms with van der Waals surface area (Å²) >= 11 is 0. The van der Waals surface area contributed by atoms with Gasteiger partial charge in [-0.2, -0.15) is 25.3 Å². The lowest BCUT2D eigenvalue weighted by Gasteiger charge is -2.28. The topological polar surface area (TPSA) is 148 Å². The van der Waals surface area contributed by atoms with Gasteiger partial charge in [0.25, 0.3) is 30.4 Å². The number of benzene rings is 5. The summed E-state index contributed by atoms with van der Waals surface area (Å²) in [6, 6.07) is 34.7. The average Bonchev–Trinajstić information content (AvgIpc) is 3.19. The molecule has 5 aromatic rings. The first-order valence-electron chi connectivity index (χ1n) is 17.9. The molecule has 0 saturated heterocycles. The predicted molar refractivity (Wildman–Crippen MR) is 215 cm³/mol. The number of rotatable bonds is 18. The Morgan fingerprint density at radius 2 is 0.964 bits per heavy atom. The van der Waals surface area contributed by atoms with Crippen LogP contribution >= 0.6 is 0 Å². The van der Waals surface area contributed by atoms with E-state index in [1.54, 1.807) is 42.5 Å². The lowest BCUT2D eigenvalue weighted by atomic mass is 9.85. The standard InChI is InChI=1S/C41H46N2O9S3/c1-5-7-27-42(35-13-11-15-37(29-35)54(47,48)51-3)33-23-19-31(20-24-33)41(39-17-9-10-18-40(39)53(44,45)46)32-21-25-34(26-22-32)43(28-8-6-2)36-14-12-16-38(30-36)55(49,50)52-4/h9-26,29-30,41H,5-8,27-28H2,1-4H3,(H,44,45,46). The molecule has 5 rings (SSSR count). The Labute approximate surface area is 325 Å². The van der Waals surface area contributed by atoms with Crippen LogP contribution in [0, 0.1) is 0 Å². The van der Waals surface area contributed by atoms with Gasteiger partial charge in [-0.05, 0) is 96.3 Å². The fraction of sp³-hybridized carbons (Fsp3) is 0.268. The van der Waals surface area contributed by atoms with Gasteiger partial charge in [-0.1, -0.05) is 81.3 Å². The van der Waals surface area contributed by atoms with Gasteiger partial charge in [0.1, 0.15) is 0 Å². The maximum absolute atomic E-state index is 12.7. The first-order chi connectivity index (χ1) is 26.2. The van der Waals surface area contributed by atoms with Gasteiger partial charge < -0.3 is 9.80 Å². The molecule has 1 N–H and O–H groups in total. The quantitative estimate of drug-likeness (QED) is 0.0515. The minimum absolute atomic E-state index is 0.0388. The molecular formula is C41H46N2O9S3. The number of hydrogen-bond donors (Lipinski definition) is 1. The van der Waals surface area contributed by atoms with Crippen molar-refractivity contribution in [3.63, 3.8) is 0 Å². The highest BCUT2D eigenvalue weighted by molar-refractivity contribution is 7.87. The molecule has 0 radical (unpaired) electrons. The largest absolute Gasteiger partial charge is 0.341 e. The molecule has 0 aliphatic heterocycles. The third-order valence-corrected chi connectivity index (χ3v) is 12.8. The summed E-state index contributed by atoms with van der Waals surface area (Å²) in [5.41, 5.74) is 4.81. The smallest absolute Gasteiger partial charge is 0.296 e. The summed E-state index contributed by atoms with van der Waals surface area (Å²) in [5.74, 6) is -0.625. The van der Waals surface area contributed by atoms with Gasteiger partial charge in [0.05, 0.1) is 28.9 Å². The minimum atomic E-state index is -4.60. The van der Waals surface area contributed by atoms with Crippen LogP contribution in [0.5, 0.6) is 0 Å². The van der Waals surface area contributed by atoms with Gasteiger partial charge in [-0.25, -0.2) is 0 Å². The summed E-state index contributed by atoms with van der Waals surface area (Å²) in [6.07, 6.45) is 3.48. The van der Waals surface area contributed by atoms with E-state index in [1.807, 2.05) is 70.5 Å². The fourth-order valence-electron chi connectivity index (χ4n) is 6.45. The van der Waals surface area contributed by atoms with Crippen LogP contribution in [0.3, 0.4) is 0 Å². The van der Waals surface area contributed by atoms with Crippen LogP contribution in [-0.2, 0) is 38.7 Å². The zero-order chi connectivity index (χ0) is 39.8. The van der Waals surface area contributed by atoms with Crippen molar-refractivity contribution in [3.05, 3.63) is 138 Å². The maximum Gasteiger partial charge on any atom is 0.296 e. The van der Waals surface area contributed by atoms with Gasteiger partial charge >= 0.3 is 0 Å². The Bertz CT molecular complexity index is 2270. The molecule has 0 bridgehead atoms. The monoisotopic (exact) mass is 806 g/mol. The number of hydrogen-bond acceptors (Lipinski definition) is 10. The molecule has 0 aliphatic carbocycles. The Morgan fingerprint density at radius 1 is 0.545 bits per heavy atom. The third kappa shape index (κ3) is 9.82. The molecule has 11 nitrogen and oxygen atoms in total. The van der Waals surface area contributed by atoms with Gasteiger partial charge in [-0.15, -0.1) is 0 Å². The molecular weight excluding hydrogens is 761 g/mol. The molecule has 0 spiro atoms. The predicted octanol–water partition coefficient (Wildman–Crippen LogP) is 8.66. The number of anilines is 4. The first kappa shape index (κ1) is 41.6. The molecule has 55 heavy (non-hydrogen) atoms. The second-order valence-corrected chi connectivity index (χ2v) is 17.7. The van der Waals surface area contributed by atoms with Gasteiger partial charge in [-0.3, -0.25) is 12.9 Å². The van der Waals surface area contributed by atoms with E-state index in [9.17, 15) is 29.8 Å². The van der Waals surface area contributed by atoms with Crippen molar-refractivity contribution in [3.8, 4) is 0 Å². The summed E-state index contributed by atoms with van der Waals surface area (Å²) in [5, 5.41) is 0. The maximum atomic E-state index is 12.7. The van der Waals surface area contributed by atoms with Crippen molar-refractivity contribution >= 4 is 53.1 Å². The van der Waals surface area contributed by atoms with Crippen molar-refractivity contribution < 1.29 is 38.2 Å². The van der Waals surface area contributed by atoms with E-state index in [0.717, 1.165) is 62.4 Å². The molecule has 0 unspecified atom stereocenters. The van der Waals surface area contributed by atoms with Crippen molar-refractivity contribution in [2.75, 3.05) is 37.1 Å². The highest BCUT2D eigenvalue weighted by Gasteiger charge is 2.26. The van der Waals surface area contributed by atoms with Gasteiger partial charge in [0.15, 0.2) is 0 Å². The molecule has 0 fully saturated rings. The minimum Gasteiger partial charge on any atom is -0.341 e. The second-order valence-electron chi connectivity index (χ2n) is 12.9. The molecule has 14 heteroatoms. The van der Waals surface area contributed by atoms with Crippen LogP contribution in [0.15, 0.2) is 136 Å². The van der Waals surface area contributed by atoms with E-state index < -0.39 is 36.3 Å². The second kappa shape index (κ2) is 17.9. The molecule has 5 aromatic carbocycles. The number of unbranched alkanes of at least 4 members (excludes halogenated alkanes) is 2. The summed E-state index contributed by atoms with van der Waals surface area (Å²) in [6.45, 7) is 5.36. The number of nitrogens with zero attached hydrogens (tertiary/aromatic N) is 2. The van der Waals surface area contributed by atoms with Crippen LogP contribution in [0.4, 0.5) is 22.7 Å². The fourth-order valence-corrected chi connectivity index (χ4v) is 8.59. The summed E-state index contributed by atoms with van der Waals surface area (Å²) in [4.78, 5) is 3.91. The van der Waals surface area contributed by atoms with Crippen LogP contribution in [0.1, 0.15) is 62.1 Å². The zero-order valence-corrected chi connectivity index (χ0v) is 33.6. The van der Waals surface area contributed by atoms with Crippen LogP contribution in [0.25, 0.3) is 0 Å². The van der Waals surface area contributed by atoms with E-state index in [2.05, 4.69) is 13.8 Å². The van der Waals surface area contributed by atoms with Crippen LogP contribution in [0.2, 0.25) is 0 Å². The van der Waals surface area contributed by atoms with Crippen molar-refractivity contribution in [1.82, 2.24) is 0 Å². The Balaban J connectivity index is 1.60. The molecule has 0 amide bonds. The zero-order valence-electron chi connectivity index (χ0n) is 31.2. The van der Waals surface area contributed by atoms with Gasteiger partial charge in [0.2, 0.25) is 0 Å². The highest BCUT2D eigenvalue weighted by Crippen LogP contribution is 2.39. The molecule has 0 heterocycles. The third-order valence-electron chi connectivity index (χ3n) is 9.33. The molecule has 292 valence electrons. The van der Waals surface area contributed by atoms with Crippen molar-refractivity contribution in [2.45, 2.75) is 60.1 Å². The molecule has 0 aromatic heterocycles. The summed E-state index contributed by atoms with van der Waals surface area (Å²) in [7, 11) is -10.2. The Morgan fingerprint density at radius 3 is 1.35 bits per heavy atom. The average molecular weight is 807 g/mol. The molecule has 0 saturated carbocycles. The van der Waals surface area contributed by atoms with E-state index >= 15 is 0 Å². The van der Waals surface area contributed by atoms with Crippen molar-refractivity contribution in [2.24, 2.45) is 0 Å². The van der Waals surface area contributed by atoms with E-state index in [4.69, 9.17) is 8.37 Å². The molecule has 0 aliphatic rings. The Hall–Kier alpha value is -4.57.